The molecule has 0 saturated heterocycles. The van der Waals surface area contributed by atoms with Gasteiger partial charge in [-0.1, -0.05) is 12.1 Å². The predicted octanol–water partition coefficient (Wildman–Crippen LogP) is 3.46. The Balaban J connectivity index is 1.70. The van der Waals surface area contributed by atoms with E-state index < -0.39 is 0 Å². The maximum absolute atomic E-state index is 13.0. The lowest BCUT2D eigenvalue weighted by Gasteiger charge is -2.19. The van der Waals surface area contributed by atoms with Crippen LogP contribution < -0.4 is 19.5 Å². The van der Waals surface area contributed by atoms with Crippen LogP contribution in [0.15, 0.2) is 48.2 Å². The Labute approximate surface area is 175 Å². The number of ether oxygens (including phenoxy) is 3. The quantitative estimate of drug-likeness (QED) is 0.738. The SMILES string of the molecule is CCN1C(=O)C(Nc2ccc3c(c2)OCCO3)=C(c2ccc(OC(C)C)cc2)C1=O. The predicted molar refractivity (Wildman–Crippen MR) is 113 cm³/mol. The molecule has 0 radical (unpaired) electrons. The van der Waals surface area contributed by atoms with Gasteiger partial charge in [0.15, 0.2) is 11.5 Å². The molecule has 2 aliphatic heterocycles. The fourth-order valence-electron chi connectivity index (χ4n) is 3.48. The van der Waals surface area contributed by atoms with Crippen LogP contribution in [-0.4, -0.2) is 42.6 Å². The minimum atomic E-state index is -0.352. The smallest absolute Gasteiger partial charge is 0.278 e. The third-order valence-electron chi connectivity index (χ3n) is 4.81. The second-order valence-electron chi connectivity index (χ2n) is 7.28. The summed E-state index contributed by atoms with van der Waals surface area (Å²) in [5.41, 5.74) is 1.88. The van der Waals surface area contributed by atoms with Gasteiger partial charge in [-0.15, -0.1) is 0 Å². The van der Waals surface area contributed by atoms with E-state index in [9.17, 15) is 9.59 Å². The van der Waals surface area contributed by atoms with Gasteiger partial charge in [-0.2, -0.15) is 0 Å². The minimum absolute atomic E-state index is 0.0489. The van der Waals surface area contributed by atoms with Gasteiger partial charge >= 0.3 is 0 Å². The summed E-state index contributed by atoms with van der Waals surface area (Å²) in [6.45, 7) is 6.94. The molecule has 2 aromatic carbocycles. The molecule has 7 nitrogen and oxygen atoms in total. The molecule has 156 valence electrons. The van der Waals surface area contributed by atoms with Crippen LogP contribution >= 0.6 is 0 Å². The molecule has 0 spiro atoms. The highest BCUT2D eigenvalue weighted by Crippen LogP contribution is 2.35. The Bertz CT molecular complexity index is 1010. The molecule has 2 aromatic rings. The molecule has 0 fully saturated rings. The molecule has 2 amide bonds. The van der Waals surface area contributed by atoms with Gasteiger partial charge in [-0.25, -0.2) is 0 Å². The lowest BCUT2D eigenvalue weighted by atomic mass is 10.0. The standard InChI is InChI=1S/C23H24N2O5/c1-4-25-22(26)20(15-5-8-17(9-6-15)30-14(2)3)21(23(25)27)24-16-7-10-18-19(13-16)29-12-11-28-18/h5-10,13-14,24H,4,11-12H2,1-3H3. The fourth-order valence-corrected chi connectivity index (χ4v) is 3.48. The van der Waals surface area contributed by atoms with Crippen molar-refractivity contribution in [2.75, 3.05) is 25.1 Å². The fraction of sp³-hybridized carbons (Fsp3) is 0.304. The molecule has 0 aromatic heterocycles. The van der Waals surface area contributed by atoms with Crippen molar-refractivity contribution in [3.8, 4) is 17.2 Å². The third-order valence-corrected chi connectivity index (χ3v) is 4.81. The molecule has 0 atom stereocenters. The Morgan fingerprint density at radius 3 is 2.37 bits per heavy atom. The first-order valence-electron chi connectivity index (χ1n) is 10.0. The first-order valence-corrected chi connectivity index (χ1v) is 10.0. The van der Waals surface area contributed by atoms with E-state index >= 15 is 0 Å². The van der Waals surface area contributed by atoms with Crippen molar-refractivity contribution in [1.82, 2.24) is 4.90 Å². The van der Waals surface area contributed by atoms with E-state index in [2.05, 4.69) is 5.32 Å². The molecule has 0 aliphatic carbocycles. The van der Waals surface area contributed by atoms with Crippen LogP contribution in [0.2, 0.25) is 0 Å². The average molecular weight is 408 g/mol. The molecule has 0 unspecified atom stereocenters. The van der Waals surface area contributed by atoms with Crippen LogP contribution in [0.25, 0.3) is 5.57 Å². The van der Waals surface area contributed by atoms with Crippen LogP contribution in [0, 0.1) is 0 Å². The van der Waals surface area contributed by atoms with Gasteiger partial charge in [0.2, 0.25) is 0 Å². The molecular weight excluding hydrogens is 384 g/mol. The molecular formula is C23H24N2O5. The second kappa shape index (κ2) is 8.10. The molecule has 1 N–H and O–H groups in total. The lowest BCUT2D eigenvalue weighted by molar-refractivity contribution is -0.136. The highest BCUT2D eigenvalue weighted by Gasteiger charge is 2.38. The molecule has 30 heavy (non-hydrogen) atoms. The molecule has 0 saturated carbocycles. The zero-order chi connectivity index (χ0) is 21.3. The maximum Gasteiger partial charge on any atom is 0.278 e. The van der Waals surface area contributed by atoms with Gasteiger partial charge in [-0.3, -0.25) is 14.5 Å². The maximum atomic E-state index is 13.0. The number of fused-ring (bicyclic) bond motifs is 1. The lowest BCUT2D eigenvalue weighted by Crippen LogP contribution is -2.32. The summed E-state index contributed by atoms with van der Waals surface area (Å²) in [4.78, 5) is 27.1. The zero-order valence-electron chi connectivity index (χ0n) is 17.2. The van der Waals surface area contributed by atoms with E-state index in [1.54, 1.807) is 49.4 Å². The number of amides is 2. The van der Waals surface area contributed by atoms with Crippen molar-refractivity contribution in [2.45, 2.75) is 26.9 Å². The molecule has 4 rings (SSSR count). The summed E-state index contributed by atoms with van der Waals surface area (Å²) in [5, 5.41) is 3.13. The number of imide groups is 1. The zero-order valence-corrected chi connectivity index (χ0v) is 17.2. The topological polar surface area (TPSA) is 77.1 Å². The summed E-state index contributed by atoms with van der Waals surface area (Å²) < 4.78 is 16.8. The number of rotatable bonds is 6. The first-order chi connectivity index (χ1) is 14.5. The number of hydrogen-bond acceptors (Lipinski definition) is 6. The number of carbonyl (C=O) groups excluding carboxylic acids is 2. The van der Waals surface area contributed by atoms with Crippen molar-refractivity contribution in [2.24, 2.45) is 0 Å². The minimum Gasteiger partial charge on any atom is -0.491 e. The molecule has 2 heterocycles. The normalized spacial score (nSPS) is 15.8. The van der Waals surface area contributed by atoms with Crippen molar-refractivity contribution < 1.29 is 23.8 Å². The van der Waals surface area contributed by atoms with Crippen LogP contribution in [0.3, 0.4) is 0 Å². The van der Waals surface area contributed by atoms with Crippen molar-refractivity contribution in [3.05, 3.63) is 53.7 Å². The number of likely N-dealkylation sites (N-methyl/N-ethyl adjacent to an activating group) is 1. The number of carbonyl (C=O) groups is 2. The van der Waals surface area contributed by atoms with Gasteiger partial charge in [-0.05, 0) is 50.6 Å². The summed E-state index contributed by atoms with van der Waals surface area (Å²) in [5.74, 6) is 1.30. The Morgan fingerprint density at radius 2 is 1.70 bits per heavy atom. The average Bonchev–Trinajstić information content (AvgIpc) is 2.97. The van der Waals surface area contributed by atoms with Crippen LogP contribution in [0.4, 0.5) is 5.69 Å². The van der Waals surface area contributed by atoms with E-state index in [0.717, 1.165) is 0 Å². The molecule has 7 heteroatoms. The highest BCUT2D eigenvalue weighted by atomic mass is 16.6. The summed E-state index contributed by atoms with van der Waals surface area (Å²) in [6, 6.07) is 12.5. The van der Waals surface area contributed by atoms with Crippen LogP contribution in [-0.2, 0) is 9.59 Å². The first kappa shape index (κ1) is 19.8. The van der Waals surface area contributed by atoms with Gasteiger partial charge in [0.1, 0.15) is 24.7 Å². The van der Waals surface area contributed by atoms with Gasteiger partial charge in [0.05, 0.1) is 11.7 Å². The van der Waals surface area contributed by atoms with Gasteiger partial charge < -0.3 is 19.5 Å². The number of anilines is 1. The van der Waals surface area contributed by atoms with E-state index in [-0.39, 0.29) is 23.6 Å². The summed E-state index contributed by atoms with van der Waals surface area (Å²) in [6.07, 6.45) is 0.0489. The van der Waals surface area contributed by atoms with Crippen LogP contribution in [0.5, 0.6) is 17.2 Å². The van der Waals surface area contributed by atoms with Crippen molar-refractivity contribution in [3.63, 3.8) is 0 Å². The second-order valence-corrected chi connectivity index (χ2v) is 7.28. The van der Waals surface area contributed by atoms with E-state index in [1.165, 1.54) is 4.90 Å². The Hall–Kier alpha value is -3.48. The van der Waals surface area contributed by atoms with E-state index in [0.29, 0.717) is 53.8 Å². The number of hydrogen-bond donors (Lipinski definition) is 1. The monoisotopic (exact) mass is 408 g/mol. The number of nitrogens with one attached hydrogen (secondary N) is 1. The van der Waals surface area contributed by atoms with Gasteiger partial charge in [0, 0.05) is 18.3 Å². The summed E-state index contributed by atoms with van der Waals surface area (Å²) >= 11 is 0. The molecule has 2 aliphatic rings. The van der Waals surface area contributed by atoms with Crippen LogP contribution in [0.1, 0.15) is 26.3 Å². The van der Waals surface area contributed by atoms with E-state index in [1.807, 2.05) is 13.8 Å². The van der Waals surface area contributed by atoms with Crippen molar-refractivity contribution in [1.29, 1.82) is 0 Å². The van der Waals surface area contributed by atoms with Crippen molar-refractivity contribution >= 4 is 23.1 Å². The number of nitrogens with zero attached hydrogens (tertiary/aromatic N) is 1. The Morgan fingerprint density at radius 1 is 1.00 bits per heavy atom. The highest BCUT2D eigenvalue weighted by molar-refractivity contribution is 6.36. The third kappa shape index (κ3) is 3.70. The molecule has 0 bridgehead atoms. The Kier molecular flexibility index (Phi) is 5.35. The largest absolute Gasteiger partial charge is 0.491 e. The number of benzene rings is 2. The van der Waals surface area contributed by atoms with E-state index in [4.69, 9.17) is 14.2 Å². The summed E-state index contributed by atoms with van der Waals surface area (Å²) in [7, 11) is 0. The van der Waals surface area contributed by atoms with Gasteiger partial charge in [0.25, 0.3) is 11.8 Å².